The fraction of sp³-hybridized carbons (Fsp3) is 0.444. The molecule has 7 nitrogen and oxygen atoms in total. The third kappa shape index (κ3) is 2.74. The predicted molar refractivity (Wildman–Crippen MR) is 94.6 cm³/mol. The molecule has 1 aliphatic rings. The molecule has 1 saturated heterocycles. The molecule has 130 valence electrons. The minimum Gasteiger partial charge on any atom is -0.376 e. The summed E-state index contributed by atoms with van der Waals surface area (Å²) >= 11 is 0. The van der Waals surface area contributed by atoms with Gasteiger partial charge in [-0.2, -0.15) is 0 Å². The molecule has 1 aromatic carbocycles. The molecule has 3 aromatic rings. The molecule has 0 aliphatic carbocycles. The summed E-state index contributed by atoms with van der Waals surface area (Å²) in [6.45, 7) is 3.53. The van der Waals surface area contributed by atoms with E-state index in [0.717, 1.165) is 48.2 Å². The van der Waals surface area contributed by atoms with E-state index in [4.69, 9.17) is 4.74 Å². The van der Waals surface area contributed by atoms with Crippen molar-refractivity contribution in [3.05, 3.63) is 29.6 Å². The Balaban J connectivity index is 1.90. The lowest BCUT2D eigenvalue weighted by molar-refractivity contribution is 0.0827. The third-order valence-electron chi connectivity index (χ3n) is 4.71. The van der Waals surface area contributed by atoms with Crippen molar-refractivity contribution in [3.63, 3.8) is 0 Å². The fourth-order valence-corrected chi connectivity index (χ4v) is 3.41. The number of aromatic nitrogens is 4. The van der Waals surface area contributed by atoms with Crippen LogP contribution in [0.15, 0.2) is 18.2 Å². The van der Waals surface area contributed by atoms with E-state index >= 15 is 0 Å². The Kier molecular flexibility index (Phi) is 3.88. The second-order valence-electron chi connectivity index (χ2n) is 6.71. The predicted octanol–water partition coefficient (Wildman–Crippen LogP) is 2.17. The standard InChI is InChI=1S/C18H21N5O2/c1-11-19-17-16(23(11)10-13-5-4-8-25-13)14-9-12(18(24)22(2)3)6-7-15(14)20-21-17/h6-7,9,13H,4-5,8,10H2,1-3H3/t13-/m0/s1. The van der Waals surface area contributed by atoms with Crippen molar-refractivity contribution >= 4 is 28.0 Å². The first-order valence-corrected chi connectivity index (χ1v) is 8.51. The topological polar surface area (TPSA) is 73.1 Å². The number of hydrogen-bond donors (Lipinski definition) is 0. The average molecular weight is 339 g/mol. The van der Waals surface area contributed by atoms with Gasteiger partial charge in [-0.15, -0.1) is 10.2 Å². The number of nitrogens with zero attached hydrogens (tertiary/aromatic N) is 5. The molecule has 1 amide bonds. The lowest BCUT2D eigenvalue weighted by atomic mass is 10.1. The average Bonchev–Trinajstić information content (AvgIpc) is 3.22. The Morgan fingerprint density at radius 3 is 2.92 bits per heavy atom. The minimum absolute atomic E-state index is 0.0335. The van der Waals surface area contributed by atoms with Gasteiger partial charge in [0.25, 0.3) is 5.91 Å². The van der Waals surface area contributed by atoms with Crippen molar-refractivity contribution in [1.82, 2.24) is 24.6 Å². The van der Waals surface area contributed by atoms with Gasteiger partial charge in [0.15, 0.2) is 0 Å². The molecule has 2 aromatic heterocycles. The molecule has 0 bridgehead atoms. The van der Waals surface area contributed by atoms with Gasteiger partial charge in [-0.05, 0) is 38.0 Å². The van der Waals surface area contributed by atoms with Crippen LogP contribution in [0.3, 0.4) is 0 Å². The van der Waals surface area contributed by atoms with Crippen LogP contribution in [0.4, 0.5) is 0 Å². The Hall–Kier alpha value is -2.54. The van der Waals surface area contributed by atoms with E-state index in [1.165, 1.54) is 0 Å². The molecule has 25 heavy (non-hydrogen) atoms. The van der Waals surface area contributed by atoms with E-state index in [-0.39, 0.29) is 12.0 Å². The zero-order valence-corrected chi connectivity index (χ0v) is 14.7. The van der Waals surface area contributed by atoms with E-state index in [9.17, 15) is 4.79 Å². The molecule has 7 heteroatoms. The SMILES string of the molecule is Cc1nc2nnc3ccc(C(=O)N(C)C)cc3c2n1C[C@@H]1CCCO1. The quantitative estimate of drug-likeness (QED) is 0.731. The van der Waals surface area contributed by atoms with E-state index < -0.39 is 0 Å². The monoisotopic (exact) mass is 339 g/mol. The zero-order chi connectivity index (χ0) is 17.6. The number of carbonyl (C=O) groups is 1. The number of ether oxygens (including phenoxy) is 1. The first kappa shape index (κ1) is 16.0. The van der Waals surface area contributed by atoms with Gasteiger partial charge in [-0.3, -0.25) is 4.79 Å². The molecule has 1 fully saturated rings. The molecule has 0 unspecified atom stereocenters. The second-order valence-corrected chi connectivity index (χ2v) is 6.71. The van der Waals surface area contributed by atoms with Crippen molar-refractivity contribution in [1.29, 1.82) is 0 Å². The van der Waals surface area contributed by atoms with Gasteiger partial charge < -0.3 is 14.2 Å². The number of amides is 1. The van der Waals surface area contributed by atoms with Crippen molar-refractivity contribution < 1.29 is 9.53 Å². The van der Waals surface area contributed by atoms with Crippen molar-refractivity contribution in [2.45, 2.75) is 32.4 Å². The Morgan fingerprint density at radius 1 is 1.36 bits per heavy atom. The summed E-state index contributed by atoms with van der Waals surface area (Å²) in [7, 11) is 3.50. The largest absolute Gasteiger partial charge is 0.376 e. The van der Waals surface area contributed by atoms with Crippen molar-refractivity contribution in [3.8, 4) is 0 Å². The van der Waals surface area contributed by atoms with Gasteiger partial charge in [0.1, 0.15) is 5.82 Å². The number of hydrogen-bond acceptors (Lipinski definition) is 5. The van der Waals surface area contributed by atoms with Crippen LogP contribution in [0.25, 0.3) is 22.1 Å². The van der Waals surface area contributed by atoms with Crippen LogP contribution in [-0.2, 0) is 11.3 Å². The number of carbonyl (C=O) groups excluding carboxylic acids is 1. The van der Waals surface area contributed by atoms with Gasteiger partial charge in [-0.1, -0.05) is 0 Å². The highest BCUT2D eigenvalue weighted by atomic mass is 16.5. The summed E-state index contributed by atoms with van der Waals surface area (Å²) in [5, 5.41) is 9.42. The summed E-state index contributed by atoms with van der Waals surface area (Å²) in [5.74, 6) is 0.852. The molecule has 0 spiro atoms. The lowest BCUT2D eigenvalue weighted by Gasteiger charge is -2.14. The van der Waals surface area contributed by atoms with Gasteiger partial charge in [0.2, 0.25) is 5.65 Å². The van der Waals surface area contributed by atoms with Crippen molar-refractivity contribution in [2.75, 3.05) is 20.7 Å². The van der Waals surface area contributed by atoms with Crippen LogP contribution < -0.4 is 0 Å². The summed E-state index contributed by atoms with van der Waals surface area (Å²) < 4.78 is 7.94. The van der Waals surface area contributed by atoms with Gasteiger partial charge in [-0.25, -0.2) is 4.98 Å². The summed E-state index contributed by atoms with van der Waals surface area (Å²) in [5.41, 5.74) is 2.93. The number of fused-ring (bicyclic) bond motifs is 3. The van der Waals surface area contributed by atoms with E-state index in [1.807, 2.05) is 19.1 Å². The first-order valence-electron chi connectivity index (χ1n) is 8.51. The molecular formula is C18H21N5O2. The highest BCUT2D eigenvalue weighted by Gasteiger charge is 2.21. The molecule has 0 N–H and O–H groups in total. The van der Waals surface area contributed by atoms with Crippen LogP contribution in [-0.4, -0.2) is 57.4 Å². The molecular weight excluding hydrogens is 318 g/mol. The summed E-state index contributed by atoms with van der Waals surface area (Å²) in [4.78, 5) is 18.5. The first-order chi connectivity index (χ1) is 12.0. The van der Waals surface area contributed by atoms with Crippen molar-refractivity contribution in [2.24, 2.45) is 0 Å². The highest BCUT2D eigenvalue weighted by molar-refractivity contribution is 6.05. The third-order valence-corrected chi connectivity index (χ3v) is 4.71. The zero-order valence-electron chi connectivity index (χ0n) is 14.7. The van der Waals surface area contributed by atoms with Gasteiger partial charge in [0, 0.05) is 31.7 Å². The van der Waals surface area contributed by atoms with Gasteiger partial charge in [0.05, 0.1) is 23.7 Å². The molecule has 3 heterocycles. The van der Waals surface area contributed by atoms with Crippen LogP contribution in [0.5, 0.6) is 0 Å². The highest BCUT2D eigenvalue weighted by Crippen LogP contribution is 2.26. The number of benzene rings is 1. The summed E-state index contributed by atoms with van der Waals surface area (Å²) in [6, 6.07) is 5.53. The van der Waals surface area contributed by atoms with E-state index in [1.54, 1.807) is 25.1 Å². The number of aryl methyl sites for hydroxylation is 1. The molecule has 4 rings (SSSR count). The van der Waals surface area contributed by atoms with E-state index in [2.05, 4.69) is 19.7 Å². The Labute approximate surface area is 145 Å². The maximum absolute atomic E-state index is 12.3. The molecule has 0 radical (unpaired) electrons. The minimum atomic E-state index is -0.0335. The Bertz CT molecular complexity index is 957. The van der Waals surface area contributed by atoms with Crippen LogP contribution in [0.2, 0.25) is 0 Å². The lowest BCUT2D eigenvalue weighted by Crippen LogP contribution is -2.21. The van der Waals surface area contributed by atoms with Crippen LogP contribution >= 0.6 is 0 Å². The normalized spacial score (nSPS) is 17.5. The fourth-order valence-electron chi connectivity index (χ4n) is 3.41. The number of imidazole rings is 1. The molecule has 0 saturated carbocycles. The maximum Gasteiger partial charge on any atom is 0.253 e. The second kappa shape index (κ2) is 6.07. The Morgan fingerprint density at radius 2 is 2.20 bits per heavy atom. The molecule has 1 aliphatic heterocycles. The number of rotatable bonds is 3. The molecule has 1 atom stereocenters. The smallest absolute Gasteiger partial charge is 0.253 e. The maximum atomic E-state index is 12.3. The van der Waals surface area contributed by atoms with Crippen LogP contribution in [0, 0.1) is 6.92 Å². The van der Waals surface area contributed by atoms with Gasteiger partial charge >= 0.3 is 0 Å². The van der Waals surface area contributed by atoms with E-state index in [0.29, 0.717) is 11.2 Å². The summed E-state index contributed by atoms with van der Waals surface area (Å²) in [6.07, 6.45) is 2.35. The van der Waals surface area contributed by atoms with Crippen LogP contribution in [0.1, 0.15) is 29.0 Å².